The number of anilines is 3. The normalized spacial score (nSPS) is 15.3. The van der Waals surface area contributed by atoms with Gasteiger partial charge in [0.2, 0.25) is 0 Å². The van der Waals surface area contributed by atoms with E-state index in [4.69, 9.17) is 0 Å². The predicted molar refractivity (Wildman–Crippen MR) is 270 cm³/mol. The summed E-state index contributed by atoms with van der Waals surface area (Å²) in [7, 11) is 0. The molecule has 0 fully saturated rings. The van der Waals surface area contributed by atoms with E-state index in [1.807, 2.05) is 0 Å². The molecular weight excluding hydrogens is 771 g/mol. The van der Waals surface area contributed by atoms with Gasteiger partial charge in [0.1, 0.15) is 0 Å². The fraction of sp³-hybridized carbons (Fsp3) is 0.0794. The Morgan fingerprint density at radius 1 is 0.312 bits per heavy atom. The third kappa shape index (κ3) is 5.85. The van der Waals surface area contributed by atoms with Crippen molar-refractivity contribution >= 4 is 27.8 Å². The van der Waals surface area contributed by atoms with Gasteiger partial charge in [-0.25, -0.2) is 0 Å². The van der Waals surface area contributed by atoms with E-state index >= 15 is 0 Å². The minimum atomic E-state index is -0.246. The zero-order chi connectivity index (χ0) is 43.0. The van der Waals surface area contributed by atoms with E-state index in [1.165, 1.54) is 94.2 Å². The summed E-state index contributed by atoms with van der Waals surface area (Å²) in [5.41, 5.74) is 22.5. The molecule has 12 rings (SSSR count). The van der Waals surface area contributed by atoms with Crippen LogP contribution in [0.4, 0.5) is 17.1 Å². The van der Waals surface area contributed by atoms with Crippen LogP contribution in [0.25, 0.3) is 66.4 Å². The van der Waals surface area contributed by atoms with Gasteiger partial charge in [-0.05, 0) is 144 Å². The van der Waals surface area contributed by atoms with E-state index in [0.29, 0.717) is 0 Å². The third-order valence-corrected chi connectivity index (χ3v) is 14.4. The highest BCUT2D eigenvalue weighted by molar-refractivity contribution is 5.97. The Hall–Kier alpha value is -7.74. The summed E-state index contributed by atoms with van der Waals surface area (Å²) < 4.78 is 0. The van der Waals surface area contributed by atoms with Crippen LogP contribution in [-0.4, -0.2) is 0 Å². The maximum absolute atomic E-state index is 2.43. The molecule has 0 amide bonds. The Morgan fingerprint density at radius 3 is 1.48 bits per heavy atom. The molecule has 1 unspecified atom stereocenters. The second-order valence-corrected chi connectivity index (χ2v) is 18.2. The molecule has 10 aromatic rings. The van der Waals surface area contributed by atoms with Crippen LogP contribution in [0, 0.1) is 0 Å². The lowest BCUT2D eigenvalue weighted by molar-refractivity contribution is 0.662. The number of nitrogens with zero attached hydrogens (tertiary/aromatic N) is 1. The monoisotopic (exact) mass is 817 g/mol. The van der Waals surface area contributed by atoms with Crippen LogP contribution < -0.4 is 4.90 Å². The molecule has 64 heavy (non-hydrogen) atoms. The van der Waals surface area contributed by atoms with Gasteiger partial charge in [-0.3, -0.25) is 0 Å². The van der Waals surface area contributed by atoms with Crippen molar-refractivity contribution in [1.82, 2.24) is 0 Å². The number of hydrogen-bond acceptors (Lipinski definition) is 1. The SMILES string of the molecule is CC1(C)c2ccccc2-c2cccc(-c3ccc(N(c4ccc(-c5ccc6c(c5)C(C)(c5ccccc5)c5ccccc5-6)cc4)c4ccc(-c5cccc6ccccc56)cc4)cc3)c21. The molecule has 0 saturated carbocycles. The average molecular weight is 818 g/mol. The van der Waals surface area contributed by atoms with Gasteiger partial charge in [0.25, 0.3) is 0 Å². The predicted octanol–water partition coefficient (Wildman–Crippen LogP) is 17.0. The average Bonchev–Trinajstić information content (AvgIpc) is 3.76. The van der Waals surface area contributed by atoms with E-state index < -0.39 is 0 Å². The van der Waals surface area contributed by atoms with Crippen LogP contribution in [-0.2, 0) is 10.8 Å². The minimum Gasteiger partial charge on any atom is -0.311 e. The van der Waals surface area contributed by atoms with Gasteiger partial charge >= 0.3 is 0 Å². The molecule has 0 bridgehead atoms. The third-order valence-electron chi connectivity index (χ3n) is 14.4. The second-order valence-electron chi connectivity index (χ2n) is 18.2. The van der Waals surface area contributed by atoms with Crippen LogP contribution in [0.2, 0.25) is 0 Å². The molecule has 2 aliphatic carbocycles. The number of fused-ring (bicyclic) bond motifs is 7. The van der Waals surface area contributed by atoms with Crippen molar-refractivity contribution in [2.45, 2.75) is 31.6 Å². The van der Waals surface area contributed by atoms with E-state index in [0.717, 1.165) is 17.1 Å². The Kier molecular flexibility index (Phi) is 8.71. The summed E-state index contributed by atoms with van der Waals surface area (Å²) in [6.45, 7) is 7.12. The Morgan fingerprint density at radius 2 is 0.781 bits per heavy atom. The minimum absolute atomic E-state index is 0.0935. The molecule has 10 aromatic carbocycles. The second kappa shape index (κ2) is 14.7. The Balaban J connectivity index is 0.937. The largest absolute Gasteiger partial charge is 0.311 e. The van der Waals surface area contributed by atoms with Crippen LogP contribution in [0.3, 0.4) is 0 Å². The zero-order valence-electron chi connectivity index (χ0n) is 36.4. The van der Waals surface area contributed by atoms with Crippen molar-refractivity contribution in [1.29, 1.82) is 0 Å². The van der Waals surface area contributed by atoms with E-state index in [2.05, 4.69) is 256 Å². The first-order valence-electron chi connectivity index (χ1n) is 22.5. The summed E-state index contributed by atoms with van der Waals surface area (Å²) in [4.78, 5) is 2.39. The van der Waals surface area contributed by atoms with Crippen molar-refractivity contribution < 1.29 is 0 Å². The highest BCUT2D eigenvalue weighted by Gasteiger charge is 2.41. The lowest BCUT2D eigenvalue weighted by Gasteiger charge is -2.28. The molecule has 0 N–H and O–H groups in total. The van der Waals surface area contributed by atoms with Crippen LogP contribution in [0.5, 0.6) is 0 Å². The Bertz CT molecular complexity index is 3390. The molecule has 1 heteroatoms. The quantitative estimate of drug-likeness (QED) is 0.155. The number of hydrogen-bond donors (Lipinski definition) is 0. The fourth-order valence-corrected chi connectivity index (χ4v) is 11.1. The molecule has 0 spiro atoms. The molecule has 0 aromatic heterocycles. The van der Waals surface area contributed by atoms with Crippen molar-refractivity contribution in [3.8, 4) is 55.6 Å². The first-order chi connectivity index (χ1) is 31.4. The zero-order valence-corrected chi connectivity index (χ0v) is 36.4. The molecule has 0 aliphatic heterocycles. The van der Waals surface area contributed by atoms with Crippen LogP contribution in [0.15, 0.2) is 231 Å². The first kappa shape index (κ1) is 38.0. The summed E-state index contributed by atoms with van der Waals surface area (Å²) >= 11 is 0. The van der Waals surface area contributed by atoms with Gasteiger partial charge < -0.3 is 4.90 Å². The smallest absolute Gasteiger partial charge is 0.0462 e. The maximum Gasteiger partial charge on any atom is 0.0462 e. The lowest BCUT2D eigenvalue weighted by atomic mass is 9.74. The molecule has 0 radical (unpaired) electrons. The van der Waals surface area contributed by atoms with Crippen molar-refractivity contribution in [2.24, 2.45) is 0 Å². The van der Waals surface area contributed by atoms with Gasteiger partial charge in [0.15, 0.2) is 0 Å². The van der Waals surface area contributed by atoms with Crippen molar-refractivity contribution in [2.75, 3.05) is 4.90 Å². The molecule has 0 saturated heterocycles. The maximum atomic E-state index is 2.43. The summed E-state index contributed by atoms with van der Waals surface area (Å²) in [6.07, 6.45) is 0. The van der Waals surface area contributed by atoms with Gasteiger partial charge in [-0.2, -0.15) is 0 Å². The van der Waals surface area contributed by atoms with Gasteiger partial charge in [-0.15, -0.1) is 0 Å². The number of benzene rings is 10. The van der Waals surface area contributed by atoms with Gasteiger partial charge in [-0.1, -0.05) is 202 Å². The highest BCUT2D eigenvalue weighted by Crippen LogP contribution is 2.54. The molecule has 0 heterocycles. The molecule has 304 valence electrons. The summed E-state index contributed by atoms with van der Waals surface area (Å²) in [5.74, 6) is 0. The number of rotatable bonds is 7. The molecular formula is C63H47N. The topological polar surface area (TPSA) is 3.24 Å². The van der Waals surface area contributed by atoms with Gasteiger partial charge in [0.05, 0.1) is 0 Å². The fourth-order valence-electron chi connectivity index (χ4n) is 11.1. The van der Waals surface area contributed by atoms with Crippen molar-refractivity contribution in [3.05, 3.63) is 258 Å². The highest BCUT2D eigenvalue weighted by atomic mass is 15.1. The van der Waals surface area contributed by atoms with Crippen molar-refractivity contribution in [3.63, 3.8) is 0 Å². The summed E-state index contributed by atoms with van der Waals surface area (Å²) in [6, 6.07) is 85.3. The standard InChI is InChI=1S/C63H47N/c1-62(2)58-25-11-9-21-55(58)57-24-14-23-53(61(57)62)45-31-38-50(39-32-45)64(49-36-29-44(30-37-49)52-22-13-16-43-15-7-8-19-51(43)52)48-34-27-42(28-35-48)46-33-40-56-54-20-10-12-26-59(54)63(3,60(56)41-46)47-17-5-4-6-18-47/h4-41H,1-3H3. The lowest BCUT2D eigenvalue weighted by Crippen LogP contribution is -2.22. The van der Waals surface area contributed by atoms with Gasteiger partial charge in [0, 0.05) is 27.9 Å². The van der Waals surface area contributed by atoms with Crippen LogP contribution >= 0.6 is 0 Å². The van der Waals surface area contributed by atoms with Crippen LogP contribution in [0.1, 0.15) is 48.6 Å². The summed E-state index contributed by atoms with van der Waals surface area (Å²) in [5, 5.41) is 2.51. The Labute approximate surface area is 376 Å². The molecule has 1 atom stereocenters. The van der Waals surface area contributed by atoms with E-state index in [-0.39, 0.29) is 10.8 Å². The first-order valence-corrected chi connectivity index (χ1v) is 22.5. The molecule has 1 nitrogen and oxygen atoms in total. The van der Waals surface area contributed by atoms with E-state index in [9.17, 15) is 0 Å². The molecule has 2 aliphatic rings. The van der Waals surface area contributed by atoms with E-state index in [1.54, 1.807) is 0 Å².